The standard InChI is InChI=1S/C19H17FN6O5S/c1-11(27)26(19(21-2)4-5-19)32(30,31)16-6-13-15(7-14(16)20)23-18(29)25(17(13)28)10-12-8-22-24(3)9-12/h6-9H,4-5,10H2,1,3H3,(H,23,29). The fourth-order valence-electron chi connectivity index (χ4n) is 3.59. The molecule has 2 aromatic heterocycles. The highest BCUT2D eigenvalue weighted by atomic mass is 32.2. The molecule has 32 heavy (non-hydrogen) atoms. The van der Waals surface area contributed by atoms with Crippen LogP contribution in [-0.2, 0) is 28.4 Å². The third-order valence-electron chi connectivity index (χ3n) is 5.22. The van der Waals surface area contributed by atoms with Gasteiger partial charge in [0.1, 0.15) is 10.7 Å². The smallest absolute Gasteiger partial charge is 0.307 e. The van der Waals surface area contributed by atoms with Gasteiger partial charge >= 0.3 is 11.4 Å². The molecule has 2 heterocycles. The first-order valence-corrected chi connectivity index (χ1v) is 10.8. The van der Waals surface area contributed by atoms with Crippen LogP contribution in [0.1, 0.15) is 25.3 Å². The number of H-pyrrole nitrogens is 1. The van der Waals surface area contributed by atoms with Crippen molar-refractivity contribution in [2.45, 2.75) is 36.9 Å². The Labute approximate surface area is 180 Å². The molecule has 0 radical (unpaired) electrons. The lowest BCUT2D eigenvalue weighted by Crippen LogP contribution is -2.44. The Hall–Kier alpha value is -3.79. The van der Waals surface area contributed by atoms with Crippen LogP contribution in [0.15, 0.2) is 39.0 Å². The number of hydrogen-bond donors (Lipinski definition) is 1. The summed E-state index contributed by atoms with van der Waals surface area (Å²) in [5.74, 6) is -2.20. The molecule has 13 heteroatoms. The Balaban J connectivity index is 1.91. The Morgan fingerprint density at radius 2 is 2.06 bits per heavy atom. The van der Waals surface area contributed by atoms with Gasteiger partial charge in [0.05, 0.1) is 36.5 Å². The van der Waals surface area contributed by atoms with Crippen LogP contribution in [0.5, 0.6) is 0 Å². The number of carbonyl (C=O) groups is 1. The quantitative estimate of drug-likeness (QED) is 0.554. The van der Waals surface area contributed by atoms with Gasteiger partial charge in [0.15, 0.2) is 0 Å². The predicted octanol–water partition coefficient (Wildman–Crippen LogP) is 0.557. The van der Waals surface area contributed by atoms with E-state index in [0.717, 1.165) is 23.6 Å². The van der Waals surface area contributed by atoms with E-state index in [1.165, 1.54) is 10.9 Å². The van der Waals surface area contributed by atoms with Gasteiger partial charge in [0, 0.05) is 25.7 Å². The van der Waals surface area contributed by atoms with Gasteiger partial charge in [-0.3, -0.25) is 23.7 Å². The minimum absolute atomic E-state index is 0.135. The first kappa shape index (κ1) is 21.4. The van der Waals surface area contributed by atoms with Crippen LogP contribution in [0.3, 0.4) is 0 Å². The first-order chi connectivity index (χ1) is 15.0. The largest absolute Gasteiger partial charge is 0.329 e. The fraction of sp³-hybridized carbons (Fsp3) is 0.316. The maximum atomic E-state index is 14.8. The van der Waals surface area contributed by atoms with Crippen molar-refractivity contribution in [2.24, 2.45) is 7.05 Å². The summed E-state index contributed by atoms with van der Waals surface area (Å²) in [6, 6.07) is 1.50. The van der Waals surface area contributed by atoms with E-state index in [1.807, 2.05) is 0 Å². The summed E-state index contributed by atoms with van der Waals surface area (Å²) in [7, 11) is -3.12. The first-order valence-electron chi connectivity index (χ1n) is 9.39. The van der Waals surface area contributed by atoms with Gasteiger partial charge in [-0.25, -0.2) is 24.2 Å². The highest BCUT2D eigenvalue weighted by molar-refractivity contribution is 7.89. The van der Waals surface area contributed by atoms with E-state index < -0.39 is 43.6 Å². The monoisotopic (exact) mass is 460 g/mol. The number of sulfonamides is 1. The number of carbonyl (C=O) groups excluding carboxylic acids is 1. The van der Waals surface area contributed by atoms with Crippen molar-refractivity contribution >= 4 is 26.8 Å². The predicted molar refractivity (Wildman–Crippen MR) is 109 cm³/mol. The average Bonchev–Trinajstić information content (AvgIpc) is 3.37. The van der Waals surface area contributed by atoms with Crippen molar-refractivity contribution in [3.8, 4) is 0 Å². The Morgan fingerprint density at radius 1 is 1.38 bits per heavy atom. The number of amides is 1. The molecule has 0 unspecified atom stereocenters. The van der Waals surface area contributed by atoms with Crippen molar-refractivity contribution in [2.75, 3.05) is 0 Å². The molecule has 166 valence electrons. The van der Waals surface area contributed by atoms with Gasteiger partial charge in [0.2, 0.25) is 5.91 Å². The van der Waals surface area contributed by atoms with E-state index >= 15 is 0 Å². The minimum Gasteiger partial charge on any atom is -0.307 e. The van der Waals surface area contributed by atoms with Gasteiger partial charge in [-0.1, -0.05) is 0 Å². The summed E-state index contributed by atoms with van der Waals surface area (Å²) in [6.45, 7) is 8.12. The van der Waals surface area contributed by atoms with Crippen LogP contribution in [0.2, 0.25) is 0 Å². The van der Waals surface area contributed by atoms with E-state index in [4.69, 9.17) is 6.57 Å². The molecular formula is C19H17FN6O5S. The Morgan fingerprint density at radius 3 is 2.59 bits per heavy atom. The van der Waals surface area contributed by atoms with Crippen LogP contribution in [0.4, 0.5) is 4.39 Å². The zero-order valence-corrected chi connectivity index (χ0v) is 17.8. The average molecular weight is 460 g/mol. The molecule has 4 rings (SSSR count). The number of aromatic amines is 1. The third-order valence-corrected chi connectivity index (χ3v) is 7.17. The molecule has 0 aliphatic heterocycles. The SMILES string of the molecule is [C-]#[N+]C1(N(C(C)=O)S(=O)(=O)c2cc3c(=O)n(Cc4cnn(C)c4)c(=O)[nH]c3cc2F)CC1. The van der Waals surface area contributed by atoms with Gasteiger partial charge in [-0.2, -0.15) is 9.40 Å². The molecule has 1 N–H and O–H groups in total. The van der Waals surface area contributed by atoms with Crippen LogP contribution in [0.25, 0.3) is 15.7 Å². The van der Waals surface area contributed by atoms with Crippen LogP contribution in [-0.4, -0.2) is 43.6 Å². The molecule has 0 atom stereocenters. The third kappa shape index (κ3) is 3.28. The maximum Gasteiger partial charge on any atom is 0.329 e. The number of fused-ring (bicyclic) bond motifs is 1. The van der Waals surface area contributed by atoms with Gasteiger partial charge in [0.25, 0.3) is 15.6 Å². The van der Waals surface area contributed by atoms with Gasteiger partial charge in [-0.05, 0) is 12.1 Å². The van der Waals surface area contributed by atoms with E-state index in [0.29, 0.717) is 9.87 Å². The van der Waals surface area contributed by atoms with E-state index in [2.05, 4.69) is 14.9 Å². The number of nitrogens with one attached hydrogen (secondary N) is 1. The lowest BCUT2D eigenvalue weighted by molar-refractivity contribution is -0.125. The molecular weight excluding hydrogens is 443 g/mol. The van der Waals surface area contributed by atoms with Crippen LogP contribution < -0.4 is 11.2 Å². The molecule has 1 saturated carbocycles. The molecule has 1 aliphatic carbocycles. The number of aryl methyl sites for hydroxylation is 1. The van der Waals surface area contributed by atoms with Crippen molar-refractivity contribution in [1.82, 2.24) is 23.6 Å². The number of nitrogens with zero attached hydrogens (tertiary/aromatic N) is 5. The number of halogens is 1. The van der Waals surface area contributed by atoms with Gasteiger partial charge in [-0.15, -0.1) is 0 Å². The number of hydrogen-bond acceptors (Lipinski definition) is 6. The molecule has 1 aromatic carbocycles. The van der Waals surface area contributed by atoms with Crippen molar-refractivity contribution < 1.29 is 17.6 Å². The maximum absolute atomic E-state index is 14.8. The molecule has 1 fully saturated rings. The Kier molecular flexibility index (Phi) is 4.78. The molecule has 11 nitrogen and oxygen atoms in total. The molecule has 0 bridgehead atoms. The van der Waals surface area contributed by atoms with E-state index in [1.54, 1.807) is 13.2 Å². The zero-order valence-electron chi connectivity index (χ0n) is 17.0. The molecule has 0 saturated heterocycles. The molecule has 3 aromatic rings. The highest BCUT2D eigenvalue weighted by Gasteiger charge is 2.62. The van der Waals surface area contributed by atoms with Crippen LogP contribution >= 0.6 is 0 Å². The lowest BCUT2D eigenvalue weighted by Gasteiger charge is -2.22. The lowest BCUT2D eigenvalue weighted by atomic mass is 10.2. The van der Waals surface area contributed by atoms with Crippen molar-refractivity contribution in [3.63, 3.8) is 0 Å². The minimum atomic E-state index is -4.78. The Bertz CT molecular complexity index is 1540. The topological polar surface area (TPSA) is 131 Å². The summed E-state index contributed by atoms with van der Waals surface area (Å²) in [6.07, 6.45) is 3.33. The summed E-state index contributed by atoms with van der Waals surface area (Å²) >= 11 is 0. The van der Waals surface area contributed by atoms with Crippen LogP contribution in [0, 0.1) is 12.4 Å². The van der Waals surface area contributed by atoms with Gasteiger partial charge < -0.3 is 4.98 Å². The molecule has 1 amide bonds. The summed E-state index contributed by atoms with van der Waals surface area (Å²) in [4.78, 5) is 42.2. The second-order valence-electron chi connectivity index (χ2n) is 7.55. The summed E-state index contributed by atoms with van der Waals surface area (Å²) < 4.78 is 43.9. The molecule has 1 aliphatic rings. The number of rotatable bonds is 5. The molecule has 0 spiro atoms. The fourth-order valence-corrected chi connectivity index (χ4v) is 5.37. The second-order valence-corrected chi connectivity index (χ2v) is 9.31. The number of benzene rings is 1. The highest BCUT2D eigenvalue weighted by Crippen LogP contribution is 2.46. The van der Waals surface area contributed by atoms with Crippen molar-refractivity contribution in [1.29, 1.82) is 0 Å². The number of aromatic nitrogens is 4. The zero-order chi connectivity index (χ0) is 23.4. The normalized spacial score (nSPS) is 14.8. The summed E-state index contributed by atoms with van der Waals surface area (Å²) in [5, 5.41) is 3.70. The van der Waals surface area contributed by atoms with Crippen molar-refractivity contribution in [3.05, 3.63) is 68.2 Å². The van der Waals surface area contributed by atoms with E-state index in [9.17, 15) is 27.2 Å². The second kappa shape index (κ2) is 7.13. The van der Waals surface area contributed by atoms with E-state index in [-0.39, 0.29) is 30.3 Å². The summed E-state index contributed by atoms with van der Waals surface area (Å²) in [5.41, 5.74) is -2.89.